The summed E-state index contributed by atoms with van der Waals surface area (Å²) in [5.41, 5.74) is 1.06. The van der Waals surface area contributed by atoms with Gasteiger partial charge in [0.1, 0.15) is 0 Å². The number of nitrogens with zero attached hydrogens (tertiary/aromatic N) is 3. The molecule has 2 atom stereocenters. The molecule has 1 N–H and O–H groups in total. The van der Waals surface area contributed by atoms with Gasteiger partial charge in [0.05, 0.1) is 6.04 Å². The largest absolute Gasteiger partial charge is 0.334 e. The number of nitrogens with one attached hydrogen (secondary N) is 1. The maximum Gasteiger partial charge on any atom is 0.317 e. The molecule has 0 aromatic carbocycles. The predicted molar refractivity (Wildman–Crippen MR) is 86.5 cm³/mol. The van der Waals surface area contributed by atoms with E-state index in [1.807, 2.05) is 32.3 Å². The van der Waals surface area contributed by atoms with E-state index in [0.717, 1.165) is 31.0 Å². The van der Waals surface area contributed by atoms with Crippen LogP contribution in [-0.4, -0.2) is 53.5 Å². The van der Waals surface area contributed by atoms with E-state index in [0.29, 0.717) is 0 Å². The van der Waals surface area contributed by atoms with Crippen LogP contribution in [0.3, 0.4) is 0 Å². The summed E-state index contributed by atoms with van der Waals surface area (Å²) < 4.78 is 0. The molecule has 0 bridgehead atoms. The minimum Gasteiger partial charge on any atom is -0.334 e. The van der Waals surface area contributed by atoms with Gasteiger partial charge in [0.25, 0.3) is 0 Å². The molecule has 1 aliphatic heterocycles. The van der Waals surface area contributed by atoms with Crippen LogP contribution in [0.2, 0.25) is 0 Å². The molecular weight excluding hydrogens is 276 g/mol. The van der Waals surface area contributed by atoms with Crippen LogP contribution in [0.25, 0.3) is 0 Å². The fourth-order valence-electron chi connectivity index (χ4n) is 3.08. The van der Waals surface area contributed by atoms with E-state index in [-0.39, 0.29) is 18.1 Å². The van der Waals surface area contributed by atoms with Gasteiger partial charge >= 0.3 is 6.03 Å². The van der Waals surface area contributed by atoms with Gasteiger partial charge in [0.15, 0.2) is 0 Å². The van der Waals surface area contributed by atoms with Crippen LogP contribution in [0.5, 0.6) is 0 Å². The lowest BCUT2D eigenvalue weighted by atomic mass is 10.1. The van der Waals surface area contributed by atoms with Gasteiger partial charge in [0, 0.05) is 45.1 Å². The molecule has 120 valence electrons. The highest BCUT2D eigenvalue weighted by molar-refractivity contribution is 5.74. The van der Waals surface area contributed by atoms with Crippen molar-refractivity contribution in [3.63, 3.8) is 0 Å². The lowest BCUT2D eigenvalue weighted by Gasteiger charge is -2.27. The Bertz CT molecular complexity index is 503. The molecule has 1 saturated heterocycles. The number of carbonyl (C=O) groups excluding carboxylic acids is 1. The van der Waals surface area contributed by atoms with Gasteiger partial charge in [-0.2, -0.15) is 0 Å². The Morgan fingerprint density at radius 3 is 3.00 bits per heavy atom. The van der Waals surface area contributed by atoms with Crippen molar-refractivity contribution < 1.29 is 4.79 Å². The Balaban J connectivity index is 1.48. The lowest BCUT2D eigenvalue weighted by Crippen LogP contribution is -2.45. The standard InChI is InChI=1S/C17H26N4O/c1-13(15-4-3-8-18-10-15)20(2)17(22)19-16-7-9-21(12-16)11-14-5-6-14/h3-4,8,10,13-14,16H,5-7,9,11-12H2,1-2H3,(H,19,22)/t13-,16+/m0/s1. The van der Waals surface area contributed by atoms with Crippen molar-refractivity contribution in [1.29, 1.82) is 0 Å². The number of urea groups is 1. The van der Waals surface area contributed by atoms with Gasteiger partial charge in [-0.15, -0.1) is 0 Å². The quantitative estimate of drug-likeness (QED) is 0.907. The monoisotopic (exact) mass is 302 g/mol. The third-order valence-corrected chi connectivity index (χ3v) is 4.88. The Kier molecular flexibility index (Phi) is 4.62. The van der Waals surface area contributed by atoms with Crippen LogP contribution in [0.4, 0.5) is 4.79 Å². The van der Waals surface area contributed by atoms with E-state index in [2.05, 4.69) is 15.2 Å². The topological polar surface area (TPSA) is 48.5 Å². The summed E-state index contributed by atoms with van der Waals surface area (Å²) in [6.07, 6.45) is 7.41. The van der Waals surface area contributed by atoms with Crippen molar-refractivity contribution in [3.8, 4) is 0 Å². The van der Waals surface area contributed by atoms with Gasteiger partial charge in [-0.1, -0.05) is 6.07 Å². The number of pyridine rings is 1. The van der Waals surface area contributed by atoms with E-state index in [9.17, 15) is 4.79 Å². The summed E-state index contributed by atoms with van der Waals surface area (Å²) in [5, 5.41) is 3.18. The molecule has 22 heavy (non-hydrogen) atoms. The molecule has 1 aliphatic carbocycles. The van der Waals surface area contributed by atoms with E-state index < -0.39 is 0 Å². The van der Waals surface area contributed by atoms with Crippen molar-refractivity contribution in [2.75, 3.05) is 26.7 Å². The first-order valence-corrected chi connectivity index (χ1v) is 8.29. The Morgan fingerprint density at radius 1 is 1.50 bits per heavy atom. The number of rotatable bonds is 5. The maximum absolute atomic E-state index is 12.4. The van der Waals surface area contributed by atoms with Crippen molar-refractivity contribution in [2.45, 2.75) is 38.3 Å². The molecule has 1 saturated carbocycles. The summed E-state index contributed by atoms with van der Waals surface area (Å²) in [6, 6.07) is 4.24. The first-order valence-electron chi connectivity index (χ1n) is 8.29. The van der Waals surface area contributed by atoms with Gasteiger partial charge in [-0.05, 0) is 43.7 Å². The molecule has 1 aromatic heterocycles. The van der Waals surface area contributed by atoms with E-state index in [1.165, 1.54) is 19.4 Å². The average Bonchev–Trinajstić information content (AvgIpc) is 3.25. The second-order valence-electron chi connectivity index (χ2n) is 6.71. The molecule has 1 aromatic rings. The van der Waals surface area contributed by atoms with Crippen LogP contribution in [-0.2, 0) is 0 Å². The lowest BCUT2D eigenvalue weighted by molar-refractivity contribution is 0.190. The van der Waals surface area contributed by atoms with Crippen molar-refractivity contribution in [1.82, 2.24) is 20.1 Å². The maximum atomic E-state index is 12.4. The summed E-state index contributed by atoms with van der Waals surface area (Å²) in [6.45, 7) is 5.36. The highest BCUT2D eigenvalue weighted by atomic mass is 16.2. The zero-order chi connectivity index (χ0) is 15.5. The summed E-state index contributed by atoms with van der Waals surface area (Å²) in [5.74, 6) is 0.919. The SMILES string of the molecule is C[C@@H](c1cccnc1)N(C)C(=O)N[C@@H]1CCN(CC2CC2)C1. The number of amides is 2. The second-order valence-corrected chi connectivity index (χ2v) is 6.71. The number of hydrogen-bond acceptors (Lipinski definition) is 3. The Hall–Kier alpha value is -1.62. The van der Waals surface area contributed by atoms with Crippen LogP contribution in [0, 0.1) is 5.92 Å². The van der Waals surface area contributed by atoms with Gasteiger partial charge < -0.3 is 15.1 Å². The fourth-order valence-corrected chi connectivity index (χ4v) is 3.08. The minimum absolute atomic E-state index is 0.00891. The molecule has 2 fully saturated rings. The van der Waals surface area contributed by atoms with Crippen LogP contribution in [0.1, 0.15) is 37.8 Å². The van der Waals surface area contributed by atoms with Crippen LogP contribution < -0.4 is 5.32 Å². The third-order valence-electron chi connectivity index (χ3n) is 4.88. The molecule has 2 heterocycles. The number of aromatic nitrogens is 1. The first-order chi connectivity index (χ1) is 10.6. The van der Waals surface area contributed by atoms with Crippen LogP contribution in [0.15, 0.2) is 24.5 Å². The zero-order valence-corrected chi connectivity index (χ0v) is 13.5. The molecule has 5 heteroatoms. The summed E-state index contributed by atoms with van der Waals surface area (Å²) >= 11 is 0. The number of likely N-dealkylation sites (tertiary alicyclic amines) is 1. The van der Waals surface area contributed by atoms with Crippen molar-refractivity contribution >= 4 is 6.03 Å². The van der Waals surface area contributed by atoms with Crippen molar-refractivity contribution in [2.24, 2.45) is 5.92 Å². The normalized spacial score (nSPS) is 23.3. The predicted octanol–water partition coefficient (Wildman–Crippen LogP) is 2.27. The molecule has 0 radical (unpaired) electrons. The fraction of sp³-hybridized carbons (Fsp3) is 0.647. The molecule has 0 unspecified atom stereocenters. The van der Waals surface area contributed by atoms with Gasteiger partial charge in [-0.3, -0.25) is 4.98 Å². The zero-order valence-electron chi connectivity index (χ0n) is 13.5. The number of carbonyl (C=O) groups is 1. The molecule has 0 spiro atoms. The highest BCUT2D eigenvalue weighted by Crippen LogP contribution is 2.30. The van der Waals surface area contributed by atoms with Gasteiger partial charge in [-0.25, -0.2) is 4.79 Å². The average molecular weight is 302 g/mol. The molecule has 2 aliphatic rings. The highest BCUT2D eigenvalue weighted by Gasteiger charge is 2.30. The smallest absolute Gasteiger partial charge is 0.317 e. The van der Waals surface area contributed by atoms with Gasteiger partial charge in [0.2, 0.25) is 0 Å². The number of hydrogen-bond donors (Lipinski definition) is 1. The minimum atomic E-state index is 0.00891. The van der Waals surface area contributed by atoms with E-state index in [4.69, 9.17) is 0 Å². The third kappa shape index (κ3) is 3.77. The molecular formula is C17H26N4O. The van der Waals surface area contributed by atoms with Crippen molar-refractivity contribution in [3.05, 3.63) is 30.1 Å². The van der Waals surface area contributed by atoms with E-state index >= 15 is 0 Å². The Morgan fingerprint density at radius 2 is 2.32 bits per heavy atom. The van der Waals surface area contributed by atoms with Crippen LogP contribution >= 0.6 is 0 Å². The summed E-state index contributed by atoms with van der Waals surface area (Å²) in [7, 11) is 1.85. The molecule has 5 nitrogen and oxygen atoms in total. The second kappa shape index (κ2) is 6.65. The summed E-state index contributed by atoms with van der Waals surface area (Å²) in [4.78, 5) is 20.8. The van der Waals surface area contributed by atoms with E-state index in [1.54, 1.807) is 11.1 Å². The Labute approximate surface area is 132 Å². The molecule has 2 amide bonds. The first kappa shape index (κ1) is 15.3. The molecule has 3 rings (SSSR count).